The van der Waals surface area contributed by atoms with Crippen LogP contribution in [0.15, 0.2) is 29.3 Å². The van der Waals surface area contributed by atoms with E-state index in [1.165, 1.54) is 6.33 Å². The summed E-state index contributed by atoms with van der Waals surface area (Å²) in [5.74, 6) is -0.256. The second-order valence-electron chi connectivity index (χ2n) is 4.47. The Morgan fingerprint density at radius 2 is 2.33 bits per heavy atom. The van der Waals surface area contributed by atoms with Gasteiger partial charge in [0.05, 0.1) is 6.33 Å². The molecule has 0 radical (unpaired) electrons. The fourth-order valence-electron chi connectivity index (χ4n) is 2.00. The van der Waals surface area contributed by atoms with Gasteiger partial charge >= 0.3 is 5.97 Å². The van der Waals surface area contributed by atoms with Crippen LogP contribution in [-0.4, -0.2) is 27.1 Å². The number of aliphatic carboxylic acids is 1. The van der Waals surface area contributed by atoms with Gasteiger partial charge in [0, 0.05) is 12.5 Å². The van der Waals surface area contributed by atoms with Gasteiger partial charge in [0.2, 0.25) is 5.88 Å². The van der Waals surface area contributed by atoms with Crippen molar-refractivity contribution >= 4 is 11.7 Å². The minimum Gasteiger partial charge on any atom is -0.478 e. The van der Waals surface area contributed by atoms with Crippen molar-refractivity contribution in [1.82, 2.24) is 9.97 Å². The van der Waals surface area contributed by atoms with E-state index < -0.39 is 17.6 Å². The first-order valence-corrected chi connectivity index (χ1v) is 6.08. The van der Waals surface area contributed by atoms with Gasteiger partial charge in [-0.15, -0.1) is 0 Å². The quantitative estimate of drug-likeness (QED) is 0.752. The number of benzene rings is 1. The van der Waals surface area contributed by atoms with E-state index >= 15 is 0 Å². The molecule has 1 unspecified atom stereocenters. The van der Waals surface area contributed by atoms with Crippen LogP contribution in [0.25, 0.3) is 0 Å². The van der Waals surface area contributed by atoms with Crippen LogP contribution in [0.2, 0.25) is 0 Å². The summed E-state index contributed by atoms with van der Waals surface area (Å²) in [6.45, 7) is 0. The lowest BCUT2D eigenvalue weighted by Crippen LogP contribution is -2.24. The lowest BCUT2D eigenvalue weighted by molar-refractivity contribution is -0.144. The van der Waals surface area contributed by atoms with E-state index in [1.807, 2.05) is 0 Å². The Kier molecular flexibility index (Phi) is 2.98. The number of rotatable bonds is 3. The number of carboxylic acid groups (broad SMARTS) is 1. The topological polar surface area (TPSA) is 128 Å². The molecule has 3 rings (SSSR count). The van der Waals surface area contributed by atoms with E-state index in [2.05, 4.69) is 9.97 Å². The van der Waals surface area contributed by atoms with Crippen LogP contribution in [0.4, 0.5) is 5.69 Å². The summed E-state index contributed by atoms with van der Waals surface area (Å²) < 4.78 is 10.7. The molecule has 21 heavy (non-hydrogen) atoms. The van der Waals surface area contributed by atoms with Crippen molar-refractivity contribution < 1.29 is 19.4 Å². The van der Waals surface area contributed by atoms with Crippen molar-refractivity contribution in [2.24, 2.45) is 0 Å². The molecule has 0 bridgehead atoms. The number of anilines is 1. The average molecular weight is 289 g/mol. The van der Waals surface area contributed by atoms with Gasteiger partial charge in [0.25, 0.3) is 5.56 Å². The number of nitrogens with one attached hydrogen (secondary N) is 1. The van der Waals surface area contributed by atoms with Crippen molar-refractivity contribution in [3.63, 3.8) is 0 Å². The van der Waals surface area contributed by atoms with Crippen LogP contribution in [0, 0.1) is 0 Å². The number of hydrogen-bond donors (Lipinski definition) is 3. The van der Waals surface area contributed by atoms with Gasteiger partial charge in [-0.2, -0.15) is 0 Å². The number of aromatic amines is 1. The molecular weight excluding hydrogens is 278 g/mol. The first-order chi connectivity index (χ1) is 10.0. The van der Waals surface area contributed by atoms with Gasteiger partial charge in [0.15, 0.2) is 11.8 Å². The number of fused-ring (bicyclic) bond motifs is 1. The standard InChI is InChI=1S/C13H11N3O5/c14-10-11(17)15-5-16-12(10)20-7-2-1-6-3-9(13(18)19)21-8(6)4-7/h1-2,4-5,9H,3,14H2,(H,18,19)(H,15,16,17). The summed E-state index contributed by atoms with van der Waals surface area (Å²) in [6, 6.07) is 4.88. The maximum Gasteiger partial charge on any atom is 0.345 e. The highest BCUT2D eigenvalue weighted by molar-refractivity contribution is 5.74. The predicted molar refractivity (Wildman–Crippen MR) is 71.5 cm³/mol. The number of ether oxygens (including phenoxy) is 2. The molecule has 1 aromatic heterocycles. The monoisotopic (exact) mass is 289 g/mol. The first-order valence-electron chi connectivity index (χ1n) is 6.08. The van der Waals surface area contributed by atoms with E-state index in [0.717, 1.165) is 5.56 Å². The fourth-order valence-corrected chi connectivity index (χ4v) is 2.00. The lowest BCUT2D eigenvalue weighted by Gasteiger charge is -2.08. The predicted octanol–water partition coefficient (Wildman–Crippen LogP) is 0.532. The van der Waals surface area contributed by atoms with Gasteiger partial charge < -0.3 is 25.3 Å². The molecule has 1 atom stereocenters. The maximum atomic E-state index is 11.3. The molecule has 1 aromatic carbocycles. The zero-order chi connectivity index (χ0) is 15.0. The Bertz CT molecular complexity index is 771. The molecule has 0 spiro atoms. The van der Waals surface area contributed by atoms with E-state index in [-0.39, 0.29) is 11.6 Å². The second kappa shape index (κ2) is 4.82. The minimum atomic E-state index is -1.02. The highest BCUT2D eigenvalue weighted by Gasteiger charge is 2.29. The molecular formula is C13H11N3O5. The molecule has 0 amide bonds. The van der Waals surface area contributed by atoms with Crippen molar-refractivity contribution in [2.45, 2.75) is 12.5 Å². The zero-order valence-corrected chi connectivity index (χ0v) is 10.7. The Morgan fingerprint density at radius 1 is 1.52 bits per heavy atom. The Balaban J connectivity index is 1.86. The van der Waals surface area contributed by atoms with E-state index in [1.54, 1.807) is 18.2 Å². The molecule has 2 heterocycles. The van der Waals surface area contributed by atoms with Crippen LogP contribution in [-0.2, 0) is 11.2 Å². The summed E-state index contributed by atoms with van der Waals surface area (Å²) >= 11 is 0. The Morgan fingerprint density at radius 3 is 3.10 bits per heavy atom. The van der Waals surface area contributed by atoms with Crippen LogP contribution < -0.4 is 20.8 Å². The summed E-state index contributed by atoms with van der Waals surface area (Å²) in [4.78, 5) is 28.4. The zero-order valence-electron chi connectivity index (χ0n) is 10.7. The number of carboxylic acids is 1. The molecule has 8 heteroatoms. The Hall–Kier alpha value is -3.03. The lowest BCUT2D eigenvalue weighted by atomic mass is 10.1. The third kappa shape index (κ3) is 2.38. The summed E-state index contributed by atoms with van der Waals surface area (Å²) in [7, 11) is 0. The third-order valence-electron chi connectivity index (χ3n) is 3.06. The van der Waals surface area contributed by atoms with Gasteiger partial charge in [-0.3, -0.25) is 4.79 Å². The van der Waals surface area contributed by atoms with Crippen LogP contribution in [0.1, 0.15) is 5.56 Å². The van der Waals surface area contributed by atoms with Crippen LogP contribution in [0.5, 0.6) is 17.4 Å². The molecule has 0 fully saturated rings. The average Bonchev–Trinajstić information content (AvgIpc) is 2.87. The molecule has 1 aliphatic rings. The molecule has 4 N–H and O–H groups in total. The molecule has 8 nitrogen and oxygen atoms in total. The number of hydrogen-bond acceptors (Lipinski definition) is 6. The van der Waals surface area contributed by atoms with E-state index in [9.17, 15) is 9.59 Å². The molecule has 2 aromatic rings. The van der Waals surface area contributed by atoms with Gasteiger partial charge in [-0.25, -0.2) is 9.78 Å². The SMILES string of the molecule is Nc1c(Oc2ccc3c(c2)OC(C(=O)O)C3)nc[nH]c1=O. The second-order valence-corrected chi connectivity index (χ2v) is 4.47. The maximum absolute atomic E-state index is 11.3. The largest absolute Gasteiger partial charge is 0.478 e. The van der Waals surface area contributed by atoms with E-state index in [0.29, 0.717) is 17.9 Å². The number of nitrogens with two attached hydrogens (primary N) is 1. The van der Waals surface area contributed by atoms with Crippen molar-refractivity contribution in [1.29, 1.82) is 0 Å². The normalized spacial score (nSPS) is 16.1. The molecule has 108 valence electrons. The molecule has 0 saturated carbocycles. The number of H-pyrrole nitrogens is 1. The van der Waals surface area contributed by atoms with Gasteiger partial charge in [-0.05, 0) is 11.6 Å². The molecule has 0 aliphatic carbocycles. The van der Waals surface area contributed by atoms with Crippen LogP contribution in [0.3, 0.4) is 0 Å². The fraction of sp³-hybridized carbons (Fsp3) is 0.154. The summed E-state index contributed by atoms with van der Waals surface area (Å²) in [6.07, 6.45) is 0.590. The summed E-state index contributed by atoms with van der Waals surface area (Å²) in [5.41, 5.74) is 5.71. The number of carbonyl (C=O) groups is 1. The van der Waals surface area contributed by atoms with E-state index in [4.69, 9.17) is 20.3 Å². The number of nitrogen functional groups attached to an aromatic ring is 1. The number of nitrogens with zero attached hydrogens (tertiary/aromatic N) is 1. The minimum absolute atomic E-state index is 0.0218. The van der Waals surface area contributed by atoms with Gasteiger partial charge in [0.1, 0.15) is 11.5 Å². The van der Waals surface area contributed by atoms with Crippen molar-refractivity contribution in [3.05, 3.63) is 40.4 Å². The Labute approximate surface area is 118 Å². The van der Waals surface area contributed by atoms with Crippen LogP contribution >= 0.6 is 0 Å². The first kappa shape index (κ1) is 13.0. The molecule has 0 saturated heterocycles. The highest BCUT2D eigenvalue weighted by atomic mass is 16.5. The smallest absolute Gasteiger partial charge is 0.345 e. The third-order valence-corrected chi connectivity index (χ3v) is 3.06. The highest BCUT2D eigenvalue weighted by Crippen LogP contribution is 2.34. The van der Waals surface area contributed by atoms with Gasteiger partial charge in [-0.1, -0.05) is 6.07 Å². The molecule has 1 aliphatic heterocycles. The van der Waals surface area contributed by atoms with Crippen molar-refractivity contribution in [2.75, 3.05) is 5.73 Å². The number of aromatic nitrogens is 2. The summed E-state index contributed by atoms with van der Waals surface area (Å²) in [5, 5.41) is 8.94. The van der Waals surface area contributed by atoms with Crippen molar-refractivity contribution in [3.8, 4) is 17.4 Å².